The monoisotopic (exact) mass is 716 g/mol. The lowest BCUT2D eigenvalue weighted by molar-refractivity contribution is -0.131. The van der Waals surface area contributed by atoms with Gasteiger partial charge in [0, 0.05) is 74.6 Å². The number of halogens is 1. The highest BCUT2D eigenvalue weighted by Crippen LogP contribution is 2.42. The van der Waals surface area contributed by atoms with E-state index in [1.54, 1.807) is 39.1 Å². The van der Waals surface area contributed by atoms with E-state index in [9.17, 15) is 9.59 Å². The molecule has 3 aromatic heterocycles. The Morgan fingerprint density at radius 2 is 1.62 bits per heavy atom. The molecular formula is C40H41FN8O4. The third kappa shape index (κ3) is 6.95. The van der Waals surface area contributed by atoms with Gasteiger partial charge in [-0.05, 0) is 73.6 Å². The first-order chi connectivity index (χ1) is 26.0. The van der Waals surface area contributed by atoms with Crippen molar-refractivity contribution in [1.29, 1.82) is 0 Å². The van der Waals surface area contributed by atoms with Crippen LogP contribution in [-0.4, -0.2) is 98.1 Å². The van der Waals surface area contributed by atoms with Gasteiger partial charge in [0.1, 0.15) is 11.4 Å². The Labute approximate surface area is 306 Å². The molecule has 272 valence electrons. The number of rotatable bonds is 11. The number of ether oxygens (including phenoxy) is 2. The number of aromatic nitrogens is 5. The Kier molecular flexibility index (Phi) is 8.76. The van der Waals surface area contributed by atoms with Crippen LogP contribution in [0.15, 0.2) is 73.2 Å². The molecule has 53 heavy (non-hydrogen) atoms. The molecule has 2 aliphatic heterocycles. The average molecular weight is 717 g/mol. The van der Waals surface area contributed by atoms with Gasteiger partial charge >= 0.3 is 0 Å². The summed E-state index contributed by atoms with van der Waals surface area (Å²) < 4.78 is 30.9. The number of hydrogen-bond donors (Lipinski definition) is 1. The van der Waals surface area contributed by atoms with Gasteiger partial charge in [-0.25, -0.2) is 9.37 Å². The second kappa shape index (κ2) is 14.0. The fourth-order valence-corrected chi connectivity index (χ4v) is 7.23. The van der Waals surface area contributed by atoms with Crippen molar-refractivity contribution < 1.29 is 23.5 Å². The highest BCUT2D eigenvalue weighted by atomic mass is 19.1. The maximum atomic E-state index is 16.8. The zero-order chi connectivity index (χ0) is 35.9. The summed E-state index contributed by atoms with van der Waals surface area (Å²) in [5.41, 5.74) is 3.30. The molecule has 13 heteroatoms. The number of nitrogens with one attached hydrogen (secondary N) is 1. The predicted molar refractivity (Wildman–Crippen MR) is 197 cm³/mol. The zero-order valence-corrected chi connectivity index (χ0v) is 29.4. The summed E-state index contributed by atoms with van der Waals surface area (Å²) in [5, 5.41) is 8.38. The summed E-state index contributed by atoms with van der Waals surface area (Å²) in [6.45, 7) is 3.42. The Bertz CT molecular complexity index is 2180. The number of carbonyl (C=O) groups is 2. The van der Waals surface area contributed by atoms with Gasteiger partial charge in [0.15, 0.2) is 17.4 Å². The second-order valence-electron chi connectivity index (χ2n) is 14.2. The smallest absolute Gasteiger partial charge is 0.270 e. The van der Waals surface area contributed by atoms with Crippen LogP contribution in [-0.2, 0) is 11.3 Å². The first-order valence-corrected chi connectivity index (χ1v) is 18.6. The van der Waals surface area contributed by atoms with Crippen molar-refractivity contribution >= 4 is 34.1 Å². The lowest BCUT2D eigenvalue weighted by Gasteiger charge is -2.35. The van der Waals surface area contributed by atoms with E-state index in [0.717, 1.165) is 59.7 Å². The maximum absolute atomic E-state index is 16.8. The SMILES string of the molecule is O=C(CCn1ccnn1)N1CCC=C(c2cc(-c3ccccc3OC3CC3)c3cc(C(=O)N4CCN(c5ncccc5OC5CC5)CC4)[nH]c3c2F)C1. The van der Waals surface area contributed by atoms with E-state index >= 15 is 4.39 Å². The minimum atomic E-state index is -0.449. The van der Waals surface area contributed by atoms with Crippen LogP contribution < -0.4 is 14.4 Å². The summed E-state index contributed by atoms with van der Waals surface area (Å²) in [4.78, 5) is 40.9. The number of aryl methyl sites for hydroxylation is 1. The molecule has 12 nitrogen and oxygen atoms in total. The van der Waals surface area contributed by atoms with E-state index in [-0.39, 0.29) is 42.5 Å². The standard InChI is InChI=1S/C40H41FN8O4/c41-37-30(26-5-4-16-48(25-26)36(50)13-17-49-18-15-43-45-49)23-31(29-6-1-2-7-34(29)52-27-9-10-27)32-24-33(44-38(32)37)40(51)47-21-19-46(20-22-47)39-35(8-3-14-42-39)53-28-11-12-28/h1-3,5-8,14-15,18,23-24,27-28,44H,4,9-13,16-17,19-22,25H2. The lowest BCUT2D eigenvalue weighted by Crippen LogP contribution is -2.49. The van der Waals surface area contributed by atoms with Crippen molar-refractivity contribution in [2.24, 2.45) is 0 Å². The third-order valence-electron chi connectivity index (χ3n) is 10.4. The molecule has 0 unspecified atom stereocenters. The van der Waals surface area contributed by atoms with Crippen molar-refractivity contribution in [2.45, 2.75) is 57.3 Å². The van der Waals surface area contributed by atoms with E-state index in [1.807, 2.05) is 48.5 Å². The van der Waals surface area contributed by atoms with Crippen molar-refractivity contribution in [3.8, 4) is 22.6 Å². The van der Waals surface area contributed by atoms with Gasteiger partial charge in [0.2, 0.25) is 5.91 Å². The number of nitrogens with zero attached hydrogens (tertiary/aromatic N) is 7. The van der Waals surface area contributed by atoms with Gasteiger partial charge in [0.05, 0.1) is 30.5 Å². The van der Waals surface area contributed by atoms with Gasteiger partial charge in [-0.1, -0.05) is 29.5 Å². The number of piperazine rings is 1. The van der Waals surface area contributed by atoms with Crippen molar-refractivity contribution in [3.05, 3.63) is 90.3 Å². The predicted octanol–water partition coefficient (Wildman–Crippen LogP) is 5.71. The lowest BCUT2D eigenvalue weighted by atomic mass is 9.93. The summed E-state index contributed by atoms with van der Waals surface area (Å²) in [6, 6.07) is 15.3. The molecule has 2 aliphatic carbocycles. The number of H-pyrrole nitrogens is 1. The van der Waals surface area contributed by atoms with Crippen LogP contribution in [0.4, 0.5) is 10.2 Å². The number of para-hydroxylation sites is 1. The second-order valence-corrected chi connectivity index (χ2v) is 14.2. The Morgan fingerprint density at radius 1 is 0.849 bits per heavy atom. The van der Waals surface area contributed by atoms with Gasteiger partial charge in [-0.3, -0.25) is 14.3 Å². The van der Waals surface area contributed by atoms with Gasteiger partial charge in [-0.15, -0.1) is 5.10 Å². The topological polar surface area (TPSA) is 122 Å². The number of benzene rings is 2. The largest absolute Gasteiger partial charge is 0.490 e. The molecular weight excluding hydrogens is 675 g/mol. The van der Waals surface area contributed by atoms with Gasteiger partial charge in [0.25, 0.3) is 5.91 Å². The summed E-state index contributed by atoms with van der Waals surface area (Å²) in [5.74, 6) is 1.64. The van der Waals surface area contributed by atoms with Gasteiger partial charge < -0.3 is 29.2 Å². The van der Waals surface area contributed by atoms with Crippen molar-refractivity contribution in [3.63, 3.8) is 0 Å². The molecule has 0 radical (unpaired) electrons. The number of pyridine rings is 1. The van der Waals surface area contributed by atoms with Gasteiger partial charge in [-0.2, -0.15) is 0 Å². The molecule has 3 fully saturated rings. The molecule has 4 aliphatic rings. The average Bonchev–Trinajstić information content (AvgIpc) is 4.09. The van der Waals surface area contributed by atoms with Crippen molar-refractivity contribution in [2.75, 3.05) is 44.2 Å². The molecule has 5 aromatic rings. The van der Waals surface area contributed by atoms with Crippen LogP contribution in [0.2, 0.25) is 0 Å². The van der Waals surface area contributed by atoms with Crippen LogP contribution in [0, 0.1) is 5.82 Å². The summed E-state index contributed by atoms with van der Waals surface area (Å²) in [6.07, 6.45) is 12.5. The van der Waals surface area contributed by atoms with Crippen LogP contribution in [0.5, 0.6) is 11.5 Å². The molecule has 0 spiro atoms. The molecule has 2 aromatic carbocycles. The molecule has 5 heterocycles. The zero-order valence-electron chi connectivity index (χ0n) is 29.4. The molecule has 9 rings (SSSR count). The van der Waals surface area contributed by atoms with Crippen LogP contribution >= 0.6 is 0 Å². The number of fused-ring (bicyclic) bond motifs is 1. The fraction of sp³-hybridized carbons (Fsp3) is 0.375. The number of anilines is 1. The van der Waals surface area contributed by atoms with Crippen LogP contribution in [0.3, 0.4) is 0 Å². The first kappa shape index (κ1) is 33.1. The molecule has 1 saturated heterocycles. The van der Waals surface area contributed by atoms with Crippen LogP contribution in [0.25, 0.3) is 27.6 Å². The molecule has 1 N–H and O–H groups in total. The molecule has 0 atom stereocenters. The normalized spacial score (nSPS) is 17.6. The first-order valence-electron chi connectivity index (χ1n) is 18.6. The molecule has 0 bridgehead atoms. The summed E-state index contributed by atoms with van der Waals surface area (Å²) >= 11 is 0. The van der Waals surface area contributed by atoms with E-state index in [4.69, 9.17) is 9.47 Å². The Morgan fingerprint density at radius 3 is 2.40 bits per heavy atom. The number of aromatic amines is 1. The van der Waals surface area contributed by atoms with Crippen molar-refractivity contribution in [1.82, 2.24) is 34.8 Å². The fourth-order valence-electron chi connectivity index (χ4n) is 7.23. The van der Waals surface area contributed by atoms with E-state index in [2.05, 4.69) is 25.2 Å². The Hall–Kier alpha value is -5.72. The molecule has 2 amide bonds. The number of hydrogen-bond acceptors (Lipinski definition) is 8. The quantitative estimate of drug-likeness (QED) is 0.185. The number of carbonyl (C=O) groups excluding carboxylic acids is 2. The highest BCUT2D eigenvalue weighted by Gasteiger charge is 2.31. The third-order valence-corrected chi connectivity index (χ3v) is 10.4. The maximum Gasteiger partial charge on any atom is 0.270 e. The van der Waals surface area contributed by atoms with E-state index in [1.165, 1.54) is 0 Å². The minimum Gasteiger partial charge on any atom is -0.490 e. The highest BCUT2D eigenvalue weighted by molar-refractivity contribution is 6.05. The minimum absolute atomic E-state index is 0.0291. The van der Waals surface area contributed by atoms with E-state index in [0.29, 0.717) is 62.3 Å². The van der Waals surface area contributed by atoms with Crippen LogP contribution in [0.1, 0.15) is 54.6 Å². The summed E-state index contributed by atoms with van der Waals surface area (Å²) in [7, 11) is 0. The Balaban J connectivity index is 1.01. The van der Waals surface area contributed by atoms with E-state index < -0.39 is 5.82 Å². The number of amides is 2. The molecule has 2 saturated carbocycles.